The normalized spacial score (nSPS) is 16.6. The van der Waals surface area contributed by atoms with Crippen LogP contribution in [0.4, 0.5) is 0 Å². The molecule has 11 nitrogen and oxygen atoms in total. The number of hydrogen-bond donors (Lipinski definition) is 2. The second-order valence-corrected chi connectivity index (χ2v) is 9.72. The Bertz CT molecular complexity index is 1100. The fourth-order valence-electron chi connectivity index (χ4n) is 3.94. The third-order valence-electron chi connectivity index (χ3n) is 5.59. The van der Waals surface area contributed by atoms with Gasteiger partial charge in [0, 0.05) is 18.8 Å². The summed E-state index contributed by atoms with van der Waals surface area (Å²) in [6, 6.07) is 8.27. The maximum Gasteiger partial charge on any atom is 0.552 e. The minimum atomic E-state index is -1.13. The van der Waals surface area contributed by atoms with Gasteiger partial charge in [0.05, 0.1) is 24.7 Å². The van der Waals surface area contributed by atoms with Gasteiger partial charge >= 0.3 is 19.1 Å². The van der Waals surface area contributed by atoms with Gasteiger partial charge < -0.3 is 24.7 Å². The van der Waals surface area contributed by atoms with Crippen LogP contribution in [0.15, 0.2) is 48.9 Å². The first-order valence-corrected chi connectivity index (χ1v) is 12.6. The standard InChI is InChI=1S/C26H33BN4O7/c1-16(2)12-22(27-37-21(26(35)38-27)14-23(32)36-17(3)4)31-24(33)19(13-18-8-6-5-7-9-18)30-25(34)20-15-28-10-11-29-20/h5-11,15-17,19,21-22H,12-14H2,1-4H3,(H,30,34)(H,31,33)/t19-,21-,22-/m0/s1. The molecule has 0 radical (unpaired) electrons. The molecule has 1 aliphatic heterocycles. The highest BCUT2D eigenvalue weighted by Gasteiger charge is 2.47. The Morgan fingerprint density at radius 3 is 2.45 bits per heavy atom. The molecule has 0 saturated carbocycles. The van der Waals surface area contributed by atoms with Gasteiger partial charge in [-0.1, -0.05) is 44.2 Å². The van der Waals surface area contributed by atoms with Gasteiger partial charge in [-0.15, -0.1) is 0 Å². The second kappa shape index (κ2) is 13.7. The van der Waals surface area contributed by atoms with Crippen molar-refractivity contribution in [2.24, 2.45) is 5.92 Å². The highest BCUT2D eigenvalue weighted by Crippen LogP contribution is 2.20. The summed E-state index contributed by atoms with van der Waals surface area (Å²) in [5.41, 5.74) is 0.904. The van der Waals surface area contributed by atoms with Gasteiger partial charge in [0.1, 0.15) is 11.7 Å². The molecular weight excluding hydrogens is 491 g/mol. The molecule has 2 amide bonds. The molecule has 1 aromatic heterocycles. The number of nitrogens with one attached hydrogen (secondary N) is 2. The summed E-state index contributed by atoms with van der Waals surface area (Å²) >= 11 is 0. The molecule has 3 atom stereocenters. The molecule has 1 aliphatic rings. The molecule has 2 N–H and O–H groups in total. The van der Waals surface area contributed by atoms with E-state index in [4.69, 9.17) is 14.0 Å². The summed E-state index contributed by atoms with van der Waals surface area (Å²) in [6.07, 6.45) is 3.02. The molecule has 1 saturated heterocycles. The minimum Gasteiger partial charge on any atom is -0.506 e. The predicted octanol–water partition coefficient (Wildman–Crippen LogP) is 1.66. The second-order valence-electron chi connectivity index (χ2n) is 9.72. The van der Waals surface area contributed by atoms with Crippen LogP contribution >= 0.6 is 0 Å². The van der Waals surface area contributed by atoms with Crippen molar-refractivity contribution >= 4 is 30.9 Å². The van der Waals surface area contributed by atoms with Gasteiger partial charge in [-0.3, -0.25) is 24.2 Å². The monoisotopic (exact) mass is 524 g/mol. The first-order valence-electron chi connectivity index (χ1n) is 12.6. The van der Waals surface area contributed by atoms with E-state index in [-0.39, 0.29) is 30.6 Å². The zero-order valence-electron chi connectivity index (χ0n) is 22.0. The van der Waals surface area contributed by atoms with Crippen LogP contribution in [0.5, 0.6) is 0 Å². The number of hydrogen-bond acceptors (Lipinski definition) is 9. The van der Waals surface area contributed by atoms with E-state index in [2.05, 4.69) is 20.6 Å². The number of amides is 2. The van der Waals surface area contributed by atoms with E-state index >= 15 is 0 Å². The summed E-state index contributed by atoms with van der Waals surface area (Å²) in [5.74, 6) is -2.93. The van der Waals surface area contributed by atoms with Gasteiger partial charge in [-0.25, -0.2) is 4.98 Å². The van der Waals surface area contributed by atoms with Crippen molar-refractivity contribution in [1.82, 2.24) is 20.6 Å². The molecule has 2 aromatic rings. The summed E-state index contributed by atoms with van der Waals surface area (Å²) in [4.78, 5) is 58.7. The molecule has 38 heavy (non-hydrogen) atoms. The van der Waals surface area contributed by atoms with Crippen molar-refractivity contribution in [2.75, 3.05) is 0 Å². The smallest absolute Gasteiger partial charge is 0.506 e. The summed E-state index contributed by atoms with van der Waals surface area (Å²) in [5, 5.41) is 5.62. The third kappa shape index (κ3) is 8.65. The van der Waals surface area contributed by atoms with Gasteiger partial charge in [-0.2, -0.15) is 0 Å². The van der Waals surface area contributed by atoms with Crippen LogP contribution in [0.1, 0.15) is 56.6 Å². The van der Waals surface area contributed by atoms with E-state index in [9.17, 15) is 19.2 Å². The van der Waals surface area contributed by atoms with E-state index < -0.39 is 49.0 Å². The Morgan fingerprint density at radius 2 is 1.82 bits per heavy atom. The largest absolute Gasteiger partial charge is 0.552 e. The molecule has 1 fully saturated rings. The van der Waals surface area contributed by atoms with Crippen molar-refractivity contribution < 1.29 is 33.2 Å². The fraction of sp³-hybridized carbons (Fsp3) is 0.462. The molecule has 3 rings (SSSR count). The molecule has 0 bridgehead atoms. The fourth-order valence-corrected chi connectivity index (χ4v) is 3.94. The highest BCUT2D eigenvalue weighted by molar-refractivity contribution is 6.51. The highest BCUT2D eigenvalue weighted by atomic mass is 16.7. The third-order valence-corrected chi connectivity index (χ3v) is 5.59. The molecule has 2 heterocycles. The molecule has 0 aliphatic carbocycles. The van der Waals surface area contributed by atoms with Crippen LogP contribution in [-0.2, 0) is 34.9 Å². The predicted molar refractivity (Wildman–Crippen MR) is 137 cm³/mol. The van der Waals surface area contributed by atoms with E-state index in [1.165, 1.54) is 18.6 Å². The first-order chi connectivity index (χ1) is 18.1. The van der Waals surface area contributed by atoms with E-state index in [1.807, 2.05) is 44.2 Å². The molecule has 12 heteroatoms. The summed E-state index contributed by atoms with van der Waals surface area (Å²) in [7, 11) is -1.10. The number of aromatic nitrogens is 2. The van der Waals surface area contributed by atoms with Crippen molar-refractivity contribution in [3.8, 4) is 0 Å². The van der Waals surface area contributed by atoms with Crippen LogP contribution < -0.4 is 10.6 Å². The van der Waals surface area contributed by atoms with Crippen molar-refractivity contribution in [2.45, 2.75) is 71.1 Å². The van der Waals surface area contributed by atoms with E-state index in [0.717, 1.165) is 5.56 Å². The van der Waals surface area contributed by atoms with Gasteiger partial charge in [0.25, 0.3) is 5.91 Å². The van der Waals surface area contributed by atoms with Crippen LogP contribution in [0.25, 0.3) is 0 Å². The Morgan fingerprint density at radius 1 is 1.08 bits per heavy atom. The topological polar surface area (TPSA) is 146 Å². The average Bonchev–Trinajstić information content (AvgIpc) is 3.23. The van der Waals surface area contributed by atoms with Gasteiger partial charge in [0.2, 0.25) is 5.91 Å². The number of benzene rings is 1. The number of carbonyl (C=O) groups is 4. The van der Waals surface area contributed by atoms with E-state index in [1.54, 1.807) is 13.8 Å². The number of nitrogens with zero attached hydrogens (tertiary/aromatic N) is 2. The molecule has 0 spiro atoms. The molecule has 0 unspecified atom stereocenters. The molecule has 202 valence electrons. The zero-order chi connectivity index (χ0) is 27.7. The number of carbonyl (C=O) groups excluding carboxylic acids is 4. The molecule has 1 aromatic carbocycles. The van der Waals surface area contributed by atoms with Gasteiger partial charge in [0.15, 0.2) is 6.10 Å². The van der Waals surface area contributed by atoms with Gasteiger partial charge in [-0.05, 0) is 31.7 Å². The maximum atomic E-state index is 13.5. The van der Waals surface area contributed by atoms with Crippen molar-refractivity contribution in [3.05, 3.63) is 60.2 Å². The maximum absolute atomic E-state index is 13.5. The van der Waals surface area contributed by atoms with Crippen molar-refractivity contribution in [1.29, 1.82) is 0 Å². The average molecular weight is 524 g/mol. The first kappa shape index (κ1) is 28.8. The lowest BCUT2D eigenvalue weighted by Gasteiger charge is -2.25. The number of ether oxygens (including phenoxy) is 1. The van der Waals surface area contributed by atoms with Crippen LogP contribution in [-0.4, -0.2) is 65.0 Å². The molecular formula is C26H33BN4O7. The lowest BCUT2D eigenvalue weighted by atomic mass is 9.74. The lowest BCUT2D eigenvalue weighted by Crippen LogP contribution is -2.55. The Labute approximate surface area is 222 Å². The Balaban J connectivity index is 1.74. The SMILES string of the molecule is CC(C)C[C@H](NC(=O)[C@H](Cc1ccccc1)NC(=O)c1cnccn1)B1OC(=O)[C@H](CC(=O)OC(C)C)O1. The van der Waals surface area contributed by atoms with E-state index in [0.29, 0.717) is 6.42 Å². The summed E-state index contributed by atoms with van der Waals surface area (Å²) < 4.78 is 16.2. The minimum absolute atomic E-state index is 0.0706. The van der Waals surface area contributed by atoms with Crippen molar-refractivity contribution in [3.63, 3.8) is 0 Å². The number of rotatable bonds is 12. The quantitative estimate of drug-likeness (QED) is 0.313. The Kier molecular flexibility index (Phi) is 10.3. The zero-order valence-corrected chi connectivity index (χ0v) is 22.0. The lowest BCUT2D eigenvalue weighted by molar-refractivity contribution is -0.152. The van der Waals surface area contributed by atoms with Crippen LogP contribution in [0.3, 0.4) is 0 Å². The van der Waals surface area contributed by atoms with Crippen LogP contribution in [0.2, 0.25) is 0 Å². The van der Waals surface area contributed by atoms with Crippen LogP contribution in [0, 0.1) is 5.92 Å². The Hall–Kier alpha value is -3.80. The number of esters is 1. The summed E-state index contributed by atoms with van der Waals surface area (Å²) in [6.45, 7) is 7.31.